The van der Waals surface area contributed by atoms with Crippen molar-refractivity contribution in [3.63, 3.8) is 0 Å². The van der Waals surface area contributed by atoms with Crippen molar-refractivity contribution in [2.45, 2.75) is 6.54 Å². The van der Waals surface area contributed by atoms with Gasteiger partial charge in [0, 0.05) is 26.7 Å². The normalized spacial score (nSPS) is 12.2. The molecular weight excluding hydrogens is 268 g/mol. The number of hydrogen-bond donors (Lipinski definition) is 2. The van der Waals surface area contributed by atoms with Crippen molar-refractivity contribution in [2.24, 2.45) is 0 Å². The second-order valence-electron chi connectivity index (χ2n) is 3.88. The van der Waals surface area contributed by atoms with E-state index in [1.165, 1.54) is 24.5 Å². The third-order valence-corrected chi connectivity index (χ3v) is 3.94. The number of rotatable bonds is 6. The molecule has 0 amide bonds. The zero-order chi connectivity index (χ0) is 14.5. The van der Waals surface area contributed by atoms with Crippen molar-refractivity contribution in [1.29, 1.82) is 0 Å². The molecule has 0 aromatic heterocycles. The molecule has 2 N–H and O–H groups in total. The van der Waals surface area contributed by atoms with Crippen molar-refractivity contribution < 1.29 is 18.3 Å². The number of carbonyl (C=O) groups is 1. The van der Waals surface area contributed by atoms with E-state index in [1.54, 1.807) is 24.3 Å². The van der Waals surface area contributed by atoms with Crippen LogP contribution in [0.25, 0.3) is 6.08 Å². The number of carboxylic acid groups (broad SMARTS) is 1. The molecule has 6 nitrogen and oxygen atoms in total. The maximum atomic E-state index is 11.5. The highest BCUT2D eigenvalue weighted by Gasteiger charge is 2.14. The third kappa shape index (κ3) is 4.82. The summed E-state index contributed by atoms with van der Waals surface area (Å²) in [6.07, 6.45) is 2.52. The molecule has 1 aromatic carbocycles. The summed E-state index contributed by atoms with van der Waals surface area (Å²) in [7, 11) is -0.607. The van der Waals surface area contributed by atoms with Crippen molar-refractivity contribution in [3.8, 4) is 0 Å². The first-order valence-electron chi connectivity index (χ1n) is 5.50. The van der Waals surface area contributed by atoms with Crippen molar-refractivity contribution in [1.82, 2.24) is 9.03 Å². The van der Waals surface area contributed by atoms with E-state index in [9.17, 15) is 13.2 Å². The molecule has 0 bridgehead atoms. The third-order valence-electron chi connectivity index (χ3n) is 2.47. The molecule has 0 saturated carbocycles. The molecule has 1 rings (SSSR count). The lowest BCUT2D eigenvalue weighted by molar-refractivity contribution is -0.131. The zero-order valence-corrected chi connectivity index (χ0v) is 11.5. The summed E-state index contributed by atoms with van der Waals surface area (Å²) in [4.78, 5) is 10.4. The predicted molar refractivity (Wildman–Crippen MR) is 72.6 cm³/mol. The van der Waals surface area contributed by atoms with E-state index in [0.29, 0.717) is 0 Å². The van der Waals surface area contributed by atoms with Crippen molar-refractivity contribution >= 4 is 22.3 Å². The Morgan fingerprint density at radius 2 is 1.95 bits per heavy atom. The van der Waals surface area contributed by atoms with Gasteiger partial charge >= 0.3 is 5.97 Å². The Balaban J connectivity index is 2.75. The lowest BCUT2D eigenvalue weighted by atomic mass is 10.1. The number of carboxylic acids is 1. The quantitative estimate of drug-likeness (QED) is 0.752. The van der Waals surface area contributed by atoms with Gasteiger partial charge in [0.2, 0.25) is 0 Å². The SMILES string of the molecule is CNS(=O)(=O)N(C)Cc1ccc(/C=C/C(=O)O)cc1. The average Bonchev–Trinajstić information content (AvgIpc) is 2.37. The van der Waals surface area contributed by atoms with Crippen LogP contribution in [0.2, 0.25) is 0 Å². The van der Waals surface area contributed by atoms with Gasteiger partial charge in [-0.2, -0.15) is 12.7 Å². The molecular formula is C12H16N2O4S. The van der Waals surface area contributed by atoms with Crippen LogP contribution in [0.4, 0.5) is 0 Å². The summed E-state index contributed by atoms with van der Waals surface area (Å²) in [5.41, 5.74) is 1.55. The zero-order valence-electron chi connectivity index (χ0n) is 10.7. The minimum absolute atomic E-state index is 0.242. The topological polar surface area (TPSA) is 86.7 Å². The maximum Gasteiger partial charge on any atom is 0.328 e. The van der Waals surface area contributed by atoms with Gasteiger partial charge in [0.05, 0.1) is 0 Å². The van der Waals surface area contributed by atoms with Crippen LogP contribution in [0.5, 0.6) is 0 Å². The molecule has 0 fully saturated rings. The molecule has 104 valence electrons. The molecule has 0 aliphatic heterocycles. The molecule has 0 spiro atoms. The molecule has 0 radical (unpaired) electrons. The minimum atomic E-state index is -3.44. The van der Waals surface area contributed by atoms with Gasteiger partial charge in [-0.3, -0.25) is 0 Å². The monoisotopic (exact) mass is 284 g/mol. The standard InChI is InChI=1S/C12H16N2O4S/c1-13-19(17,18)14(2)9-11-5-3-10(4-6-11)7-8-12(15)16/h3-8,13H,9H2,1-2H3,(H,15,16)/b8-7+. The summed E-state index contributed by atoms with van der Waals surface area (Å²) < 4.78 is 26.4. The summed E-state index contributed by atoms with van der Waals surface area (Å²) in [6, 6.07) is 6.97. The number of nitrogens with zero attached hydrogens (tertiary/aromatic N) is 1. The molecule has 1 aromatic rings. The number of benzene rings is 1. The van der Waals surface area contributed by atoms with Crippen LogP contribution in [-0.2, 0) is 21.5 Å². The number of nitrogens with one attached hydrogen (secondary N) is 1. The Labute approximate surface area is 112 Å². The van der Waals surface area contributed by atoms with Gasteiger partial charge in [-0.1, -0.05) is 24.3 Å². The summed E-state index contributed by atoms with van der Waals surface area (Å²) in [6.45, 7) is 0.242. The summed E-state index contributed by atoms with van der Waals surface area (Å²) in [5.74, 6) is -1.01. The van der Waals surface area contributed by atoms with Crippen LogP contribution in [0.3, 0.4) is 0 Å². The van der Waals surface area contributed by atoms with Crippen LogP contribution in [0.1, 0.15) is 11.1 Å². The van der Waals surface area contributed by atoms with Gasteiger partial charge in [0.1, 0.15) is 0 Å². The number of aliphatic carboxylic acids is 1. The Morgan fingerprint density at radius 3 is 2.42 bits per heavy atom. The Morgan fingerprint density at radius 1 is 1.37 bits per heavy atom. The molecule has 0 aliphatic carbocycles. The van der Waals surface area contributed by atoms with Gasteiger partial charge in [-0.15, -0.1) is 0 Å². The highest BCUT2D eigenvalue weighted by Crippen LogP contribution is 2.09. The molecule has 0 saturated heterocycles. The minimum Gasteiger partial charge on any atom is -0.478 e. The largest absolute Gasteiger partial charge is 0.478 e. The average molecular weight is 284 g/mol. The van der Waals surface area contributed by atoms with E-state index in [2.05, 4.69) is 4.72 Å². The predicted octanol–water partition coefficient (Wildman–Crippen LogP) is 0.680. The summed E-state index contributed by atoms with van der Waals surface area (Å²) in [5, 5.41) is 8.50. The lowest BCUT2D eigenvalue weighted by Gasteiger charge is -2.16. The molecule has 0 heterocycles. The highest BCUT2D eigenvalue weighted by atomic mass is 32.2. The molecule has 0 atom stereocenters. The van der Waals surface area contributed by atoms with Gasteiger partial charge in [0.15, 0.2) is 0 Å². The second kappa shape index (κ2) is 6.46. The van der Waals surface area contributed by atoms with Crippen LogP contribution >= 0.6 is 0 Å². The van der Waals surface area contributed by atoms with Gasteiger partial charge in [-0.05, 0) is 17.2 Å². The first kappa shape index (κ1) is 15.4. The van der Waals surface area contributed by atoms with E-state index in [4.69, 9.17) is 5.11 Å². The molecule has 0 unspecified atom stereocenters. The van der Waals surface area contributed by atoms with E-state index in [-0.39, 0.29) is 6.54 Å². The smallest absolute Gasteiger partial charge is 0.328 e. The lowest BCUT2D eigenvalue weighted by Crippen LogP contribution is -2.35. The van der Waals surface area contributed by atoms with E-state index in [1.807, 2.05) is 0 Å². The first-order chi connectivity index (χ1) is 8.85. The van der Waals surface area contributed by atoms with E-state index in [0.717, 1.165) is 17.2 Å². The molecule has 19 heavy (non-hydrogen) atoms. The van der Waals surface area contributed by atoms with Gasteiger partial charge in [0.25, 0.3) is 10.2 Å². The number of hydrogen-bond acceptors (Lipinski definition) is 3. The maximum absolute atomic E-state index is 11.5. The van der Waals surface area contributed by atoms with E-state index >= 15 is 0 Å². The fraction of sp³-hybridized carbons (Fsp3) is 0.250. The Kier molecular flexibility index (Phi) is 5.22. The Hall–Kier alpha value is -1.70. The van der Waals surface area contributed by atoms with Gasteiger partial charge in [-0.25, -0.2) is 9.52 Å². The molecule has 0 aliphatic rings. The fourth-order valence-electron chi connectivity index (χ4n) is 1.40. The highest BCUT2D eigenvalue weighted by molar-refractivity contribution is 7.87. The summed E-state index contributed by atoms with van der Waals surface area (Å²) >= 11 is 0. The second-order valence-corrected chi connectivity index (χ2v) is 5.86. The van der Waals surface area contributed by atoms with Crippen molar-refractivity contribution in [3.05, 3.63) is 41.5 Å². The van der Waals surface area contributed by atoms with Crippen LogP contribution in [0.15, 0.2) is 30.3 Å². The van der Waals surface area contributed by atoms with Crippen LogP contribution in [0, 0.1) is 0 Å². The van der Waals surface area contributed by atoms with Gasteiger partial charge < -0.3 is 5.11 Å². The molecule has 7 heteroatoms. The van der Waals surface area contributed by atoms with Crippen LogP contribution in [-0.4, -0.2) is 37.9 Å². The fourth-order valence-corrected chi connectivity index (χ4v) is 2.03. The van der Waals surface area contributed by atoms with E-state index < -0.39 is 16.2 Å². The first-order valence-corrected chi connectivity index (χ1v) is 6.94. The Bertz CT molecular complexity index is 564. The van der Waals surface area contributed by atoms with Crippen molar-refractivity contribution in [2.75, 3.05) is 14.1 Å². The van der Waals surface area contributed by atoms with Crippen LogP contribution < -0.4 is 4.72 Å².